The molecule has 1 aliphatic heterocycles. The number of carbonyl (C=O) groups is 1. The van der Waals surface area contributed by atoms with Crippen LogP contribution >= 0.6 is 15.9 Å². The van der Waals surface area contributed by atoms with Gasteiger partial charge in [0.15, 0.2) is 5.54 Å². The van der Waals surface area contributed by atoms with E-state index in [1.807, 2.05) is 73.7 Å². The van der Waals surface area contributed by atoms with E-state index in [-0.39, 0.29) is 19.1 Å². The maximum atomic E-state index is 13.5. The van der Waals surface area contributed by atoms with Crippen LogP contribution in [-0.4, -0.2) is 42.3 Å². The van der Waals surface area contributed by atoms with Crippen LogP contribution < -0.4 is 15.6 Å². The fraction of sp³-hybridized carbons (Fsp3) is 0.286. The Balaban J connectivity index is 1.51. The molecule has 3 N–H and O–H groups in total. The summed E-state index contributed by atoms with van der Waals surface area (Å²) in [5.41, 5.74) is 8.77. The van der Waals surface area contributed by atoms with E-state index in [4.69, 9.17) is 19.6 Å². The molecule has 188 valence electrons. The minimum Gasteiger partial charge on any atom is -0.494 e. The van der Waals surface area contributed by atoms with Gasteiger partial charge in [0.2, 0.25) is 5.90 Å². The Morgan fingerprint density at radius 3 is 2.61 bits per heavy atom. The zero-order chi connectivity index (χ0) is 25.4. The zero-order valence-electron chi connectivity index (χ0n) is 20.2. The molecule has 3 aromatic carbocycles. The number of ether oxygens (including phenoxy) is 2. The quantitative estimate of drug-likeness (QED) is 0.246. The zero-order valence-corrected chi connectivity index (χ0v) is 21.8. The molecule has 36 heavy (non-hydrogen) atoms. The Labute approximate surface area is 219 Å². The van der Waals surface area contributed by atoms with Crippen LogP contribution in [-0.2, 0) is 22.5 Å². The number of aryl methyl sites for hydroxylation is 1. The number of nitrogens with zero attached hydrogens (tertiary/aromatic N) is 1. The smallest absolute Gasteiger partial charge is 0.266 e. The summed E-state index contributed by atoms with van der Waals surface area (Å²) < 4.78 is 12.5. The molecule has 0 bridgehead atoms. The third-order valence-electron chi connectivity index (χ3n) is 5.85. The van der Waals surface area contributed by atoms with Crippen molar-refractivity contribution in [3.8, 4) is 5.75 Å². The number of aliphatic hydroxyl groups excluding tert-OH is 1. The Kier molecular flexibility index (Phi) is 8.74. The number of halogens is 1. The first-order chi connectivity index (χ1) is 17.5. The van der Waals surface area contributed by atoms with Gasteiger partial charge in [-0.15, -0.1) is 0 Å². The van der Waals surface area contributed by atoms with Crippen molar-refractivity contribution >= 4 is 27.7 Å². The molecule has 0 aromatic heterocycles. The fourth-order valence-corrected chi connectivity index (χ4v) is 4.20. The maximum absolute atomic E-state index is 13.5. The number of nitrogens with one attached hydrogen (secondary N) is 2. The van der Waals surface area contributed by atoms with Crippen molar-refractivity contribution in [2.45, 2.75) is 31.8 Å². The van der Waals surface area contributed by atoms with E-state index in [0.29, 0.717) is 37.6 Å². The lowest BCUT2D eigenvalue weighted by molar-refractivity contribution is -0.127. The third kappa shape index (κ3) is 6.72. The van der Waals surface area contributed by atoms with Crippen LogP contribution in [0.1, 0.15) is 28.7 Å². The number of benzene rings is 3. The second-order valence-electron chi connectivity index (χ2n) is 8.79. The van der Waals surface area contributed by atoms with Gasteiger partial charge in [0.1, 0.15) is 12.4 Å². The highest BCUT2D eigenvalue weighted by Gasteiger charge is 2.44. The molecule has 1 atom stereocenters. The van der Waals surface area contributed by atoms with E-state index in [2.05, 4.69) is 32.8 Å². The molecule has 1 amide bonds. The van der Waals surface area contributed by atoms with Crippen LogP contribution in [0.25, 0.3) is 0 Å². The number of amides is 1. The highest BCUT2D eigenvalue weighted by atomic mass is 79.9. The number of aliphatic imine (C=N–C) groups is 1. The largest absolute Gasteiger partial charge is 0.494 e. The van der Waals surface area contributed by atoms with Crippen LogP contribution in [0.3, 0.4) is 0 Å². The van der Waals surface area contributed by atoms with Gasteiger partial charge < -0.3 is 14.6 Å². The van der Waals surface area contributed by atoms with Crippen molar-refractivity contribution in [2.24, 2.45) is 4.99 Å². The van der Waals surface area contributed by atoms with Gasteiger partial charge in [-0.1, -0.05) is 57.9 Å². The molecular weight excluding hydrogens is 522 g/mol. The Morgan fingerprint density at radius 1 is 1.11 bits per heavy atom. The van der Waals surface area contributed by atoms with Crippen molar-refractivity contribution in [1.29, 1.82) is 0 Å². The number of hydrogen-bond acceptors (Lipinski definition) is 6. The maximum Gasteiger partial charge on any atom is 0.266 e. The van der Waals surface area contributed by atoms with Gasteiger partial charge in [-0.2, -0.15) is 0 Å². The van der Waals surface area contributed by atoms with E-state index < -0.39 is 5.54 Å². The second kappa shape index (κ2) is 12.2. The minimum absolute atomic E-state index is 0.0884. The monoisotopic (exact) mass is 551 g/mol. The average Bonchev–Trinajstić information content (AvgIpc) is 3.31. The molecular formula is C28H30BrN3O4. The number of rotatable bonds is 11. The summed E-state index contributed by atoms with van der Waals surface area (Å²) in [5.74, 6) is 0.866. The van der Waals surface area contributed by atoms with Gasteiger partial charge >= 0.3 is 0 Å². The highest BCUT2D eigenvalue weighted by molar-refractivity contribution is 9.10. The molecule has 0 saturated heterocycles. The van der Waals surface area contributed by atoms with Crippen molar-refractivity contribution in [2.75, 3.05) is 19.8 Å². The summed E-state index contributed by atoms with van der Waals surface area (Å²) in [4.78, 5) is 18.3. The number of carbonyl (C=O) groups excluding carboxylic acids is 1. The standard InChI is InChI=1S/C28H30BrN3O4/c1-20-4-2-5-22(16-20)18-30-32-27(34)28(17-21-6-10-24(29)11-7-21)19-36-26(31-28)23-8-12-25(13-9-23)35-15-3-14-33/h2,4-13,16,30,33H,3,14-15,17-19H2,1H3,(H,32,34)/t28-/m0/s1. The van der Waals surface area contributed by atoms with E-state index in [0.717, 1.165) is 26.7 Å². The Morgan fingerprint density at radius 2 is 1.89 bits per heavy atom. The highest BCUT2D eigenvalue weighted by Crippen LogP contribution is 2.28. The summed E-state index contributed by atoms with van der Waals surface area (Å²) in [6, 6.07) is 23.3. The molecule has 3 aromatic rings. The molecule has 0 aliphatic carbocycles. The topological polar surface area (TPSA) is 92.2 Å². The van der Waals surface area contributed by atoms with Crippen molar-refractivity contribution in [3.63, 3.8) is 0 Å². The molecule has 4 rings (SSSR count). The summed E-state index contributed by atoms with van der Waals surface area (Å²) in [5, 5.41) is 8.92. The summed E-state index contributed by atoms with van der Waals surface area (Å²) in [6.07, 6.45) is 0.966. The second-order valence-corrected chi connectivity index (χ2v) is 9.70. The minimum atomic E-state index is -1.11. The summed E-state index contributed by atoms with van der Waals surface area (Å²) in [6.45, 7) is 3.20. The lowest BCUT2D eigenvalue weighted by Gasteiger charge is -2.23. The van der Waals surface area contributed by atoms with Crippen LogP contribution in [0.4, 0.5) is 0 Å². The molecule has 7 nitrogen and oxygen atoms in total. The predicted octanol–water partition coefficient (Wildman–Crippen LogP) is 4.10. The normalized spacial score (nSPS) is 16.8. The molecule has 0 saturated carbocycles. The van der Waals surface area contributed by atoms with Crippen molar-refractivity contribution in [1.82, 2.24) is 10.9 Å². The first-order valence-electron chi connectivity index (χ1n) is 11.9. The fourth-order valence-electron chi connectivity index (χ4n) is 3.93. The molecule has 0 fully saturated rings. The van der Waals surface area contributed by atoms with Crippen LogP contribution in [0, 0.1) is 6.92 Å². The van der Waals surface area contributed by atoms with Gasteiger partial charge in [0.05, 0.1) is 6.61 Å². The van der Waals surface area contributed by atoms with Gasteiger partial charge in [-0.05, 0) is 54.4 Å². The lowest BCUT2D eigenvalue weighted by Crippen LogP contribution is -2.52. The molecule has 8 heteroatoms. The SMILES string of the molecule is Cc1cccc(CNNC(=O)[C@]2(Cc3ccc(Br)cc3)COC(c3ccc(OCCCO)cc3)=N2)c1. The van der Waals surface area contributed by atoms with Crippen molar-refractivity contribution in [3.05, 3.63) is 99.5 Å². The van der Waals surface area contributed by atoms with Crippen LogP contribution in [0.5, 0.6) is 5.75 Å². The third-order valence-corrected chi connectivity index (χ3v) is 6.37. The van der Waals surface area contributed by atoms with E-state index >= 15 is 0 Å². The molecule has 0 radical (unpaired) electrons. The predicted molar refractivity (Wildman–Crippen MR) is 143 cm³/mol. The Bertz CT molecular complexity index is 1200. The van der Waals surface area contributed by atoms with Gasteiger partial charge in [-0.25, -0.2) is 10.4 Å². The average molecular weight is 552 g/mol. The van der Waals surface area contributed by atoms with Gasteiger partial charge in [-0.3, -0.25) is 10.2 Å². The van der Waals surface area contributed by atoms with E-state index in [1.54, 1.807) is 0 Å². The first-order valence-corrected chi connectivity index (χ1v) is 12.7. The molecule has 1 heterocycles. The first kappa shape index (κ1) is 25.9. The number of aliphatic hydroxyl groups is 1. The number of hydrogen-bond donors (Lipinski definition) is 3. The van der Waals surface area contributed by atoms with Crippen molar-refractivity contribution < 1.29 is 19.4 Å². The number of hydrazine groups is 1. The summed E-state index contributed by atoms with van der Waals surface area (Å²) in [7, 11) is 0. The summed E-state index contributed by atoms with van der Waals surface area (Å²) >= 11 is 3.46. The molecule has 0 spiro atoms. The van der Waals surface area contributed by atoms with Gasteiger partial charge in [0.25, 0.3) is 5.91 Å². The van der Waals surface area contributed by atoms with E-state index in [1.165, 1.54) is 0 Å². The van der Waals surface area contributed by atoms with Gasteiger partial charge in [0, 0.05) is 36.0 Å². The van der Waals surface area contributed by atoms with Crippen LogP contribution in [0.2, 0.25) is 0 Å². The van der Waals surface area contributed by atoms with E-state index in [9.17, 15) is 4.79 Å². The Hall–Kier alpha value is -3.20. The van der Waals surface area contributed by atoms with Crippen LogP contribution in [0.15, 0.2) is 82.3 Å². The molecule has 0 unspecified atom stereocenters. The molecule has 1 aliphatic rings. The lowest BCUT2D eigenvalue weighted by atomic mass is 9.91.